The zero-order valence-electron chi connectivity index (χ0n) is 13.4. The molecule has 5 nitrogen and oxygen atoms in total. The maximum absolute atomic E-state index is 12.0. The van der Waals surface area contributed by atoms with Crippen LogP contribution in [0.4, 0.5) is 4.79 Å². The molecule has 1 aliphatic heterocycles. The second-order valence-electron chi connectivity index (χ2n) is 6.51. The van der Waals surface area contributed by atoms with Crippen LogP contribution in [0, 0.1) is 5.92 Å². The van der Waals surface area contributed by atoms with Gasteiger partial charge in [-0.2, -0.15) is 0 Å². The number of ether oxygens (including phenoxy) is 2. The molecule has 1 amide bonds. The fourth-order valence-electron chi connectivity index (χ4n) is 2.31. The van der Waals surface area contributed by atoms with E-state index in [0.29, 0.717) is 19.5 Å². The summed E-state index contributed by atoms with van der Waals surface area (Å²) >= 11 is 0. The molecule has 0 bridgehead atoms. The number of carbonyl (C=O) groups excluding carboxylic acids is 2. The van der Waals surface area contributed by atoms with E-state index in [1.807, 2.05) is 51.1 Å². The summed E-state index contributed by atoms with van der Waals surface area (Å²) in [6.45, 7) is 6.65. The minimum atomic E-state index is -0.502. The minimum absolute atomic E-state index is 0.243. The van der Waals surface area contributed by atoms with E-state index in [4.69, 9.17) is 9.47 Å². The molecule has 0 saturated carbocycles. The van der Waals surface area contributed by atoms with Crippen molar-refractivity contribution in [1.29, 1.82) is 0 Å². The predicted molar refractivity (Wildman–Crippen MR) is 82.2 cm³/mol. The standard InChI is InChI=1S/C17H23NO4/c1-17(2,3)22-15(19)14-9-10-18(11-14)16(20)21-12-13-7-5-4-6-8-13/h4-8,14H,9-12H2,1-3H3. The SMILES string of the molecule is CC(C)(C)OC(=O)C1CCN(C(=O)OCc2ccccc2)C1. The van der Waals surface area contributed by atoms with Gasteiger partial charge in [0.25, 0.3) is 0 Å². The van der Waals surface area contributed by atoms with Crippen LogP contribution in [-0.4, -0.2) is 35.7 Å². The lowest BCUT2D eigenvalue weighted by Gasteiger charge is -2.22. The molecule has 0 N–H and O–H groups in total. The average molecular weight is 305 g/mol. The number of esters is 1. The van der Waals surface area contributed by atoms with Crippen molar-refractivity contribution in [3.63, 3.8) is 0 Å². The van der Waals surface area contributed by atoms with Crippen molar-refractivity contribution in [3.05, 3.63) is 35.9 Å². The molecule has 0 spiro atoms. The number of rotatable bonds is 3. The lowest BCUT2D eigenvalue weighted by atomic mass is 10.1. The number of benzene rings is 1. The van der Waals surface area contributed by atoms with Crippen molar-refractivity contribution in [3.8, 4) is 0 Å². The Balaban J connectivity index is 1.80. The second-order valence-corrected chi connectivity index (χ2v) is 6.51. The van der Waals surface area contributed by atoms with Crippen molar-refractivity contribution in [2.24, 2.45) is 5.92 Å². The third-order valence-corrected chi connectivity index (χ3v) is 3.39. The maximum Gasteiger partial charge on any atom is 0.410 e. The monoisotopic (exact) mass is 305 g/mol. The number of carbonyl (C=O) groups is 2. The molecule has 2 rings (SSSR count). The fourth-order valence-corrected chi connectivity index (χ4v) is 2.31. The summed E-state index contributed by atoms with van der Waals surface area (Å²) in [5, 5.41) is 0. The highest BCUT2D eigenvalue weighted by Crippen LogP contribution is 2.21. The zero-order chi connectivity index (χ0) is 16.2. The van der Waals surface area contributed by atoms with Crippen LogP contribution in [0.5, 0.6) is 0 Å². The molecule has 1 unspecified atom stereocenters. The summed E-state index contributed by atoms with van der Waals surface area (Å²) in [7, 11) is 0. The third-order valence-electron chi connectivity index (χ3n) is 3.39. The van der Waals surface area contributed by atoms with Gasteiger partial charge in [0.1, 0.15) is 12.2 Å². The molecule has 1 aromatic carbocycles. The molecule has 120 valence electrons. The molecule has 1 atom stereocenters. The first-order valence-corrected chi connectivity index (χ1v) is 7.53. The van der Waals surface area contributed by atoms with E-state index in [1.165, 1.54) is 0 Å². The highest BCUT2D eigenvalue weighted by Gasteiger charge is 2.34. The molecule has 1 heterocycles. The molecule has 0 aliphatic carbocycles. The van der Waals surface area contributed by atoms with Crippen LogP contribution in [0.15, 0.2) is 30.3 Å². The van der Waals surface area contributed by atoms with Gasteiger partial charge in [-0.15, -0.1) is 0 Å². The second kappa shape index (κ2) is 6.81. The topological polar surface area (TPSA) is 55.8 Å². The Kier molecular flexibility index (Phi) is 5.06. The van der Waals surface area contributed by atoms with E-state index in [2.05, 4.69) is 0 Å². The van der Waals surface area contributed by atoms with Gasteiger partial charge in [-0.1, -0.05) is 30.3 Å². The van der Waals surface area contributed by atoms with Crippen molar-refractivity contribution < 1.29 is 19.1 Å². The third kappa shape index (κ3) is 4.76. The summed E-state index contributed by atoms with van der Waals surface area (Å²) in [5.74, 6) is -0.505. The van der Waals surface area contributed by atoms with Gasteiger partial charge in [0.05, 0.1) is 5.92 Å². The summed E-state index contributed by atoms with van der Waals surface area (Å²) in [5.41, 5.74) is 0.442. The molecule has 1 aliphatic rings. The Hall–Kier alpha value is -2.04. The van der Waals surface area contributed by atoms with Crippen LogP contribution in [0.3, 0.4) is 0 Å². The Labute approximate surface area is 131 Å². The maximum atomic E-state index is 12.0. The molecular formula is C17H23NO4. The van der Waals surface area contributed by atoms with Gasteiger partial charge in [0, 0.05) is 13.1 Å². The number of hydrogen-bond acceptors (Lipinski definition) is 4. The summed E-state index contributed by atoms with van der Waals surface area (Å²) in [4.78, 5) is 25.6. The van der Waals surface area contributed by atoms with E-state index in [9.17, 15) is 9.59 Å². The summed E-state index contributed by atoms with van der Waals surface area (Å²) < 4.78 is 10.6. The van der Waals surface area contributed by atoms with Crippen molar-refractivity contribution in [2.45, 2.75) is 39.4 Å². The van der Waals surface area contributed by atoms with E-state index in [-0.39, 0.29) is 24.6 Å². The Morgan fingerprint density at radius 1 is 1.23 bits per heavy atom. The Bertz CT molecular complexity index is 521. The largest absolute Gasteiger partial charge is 0.460 e. The smallest absolute Gasteiger partial charge is 0.410 e. The normalized spacial score (nSPS) is 18.1. The van der Waals surface area contributed by atoms with E-state index in [1.54, 1.807) is 4.90 Å². The van der Waals surface area contributed by atoms with Crippen LogP contribution in [-0.2, 0) is 20.9 Å². The van der Waals surface area contributed by atoms with Crippen LogP contribution >= 0.6 is 0 Å². The van der Waals surface area contributed by atoms with Gasteiger partial charge in [0.15, 0.2) is 0 Å². The van der Waals surface area contributed by atoms with E-state index >= 15 is 0 Å². The number of hydrogen-bond donors (Lipinski definition) is 0. The first-order chi connectivity index (χ1) is 10.3. The first kappa shape index (κ1) is 16.3. The molecule has 1 fully saturated rings. The summed E-state index contributed by atoms with van der Waals surface area (Å²) in [6, 6.07) is 9.52. The minimum Gasteiger partial charge on any atom is -0.460 e. The van der Waals surface area contributed by atoms with Gasteiger partial charge in [-0.05, 0) is 32.8 Å². The molecular weight excluding hydrogens is 282 g/mol. The van der Waals surface area contributed by atoms with Gasteiger partial charge in [0.2, 0.25) is 0 Å². The van der Waals surface area contributed by atoms with E-state index < -0.39 is 5.60 Å². The number of amides is 1. The molecule has 1 saturated heterocycles. The molecule has 0 aromatic heterocycles. The fraction of sp³-hybridized carbons (Fsp3) is 0.529. The van der Waals surface area contributed by atoms with Crippen molar-refractivity contribution in [1.82, 2.24) is 4.90 Å². The number of likely N-dealkylation sites (tertiary alicyclic amines) is 1. The molecule has 1 aromatic rings. The van der Waals surface area contributed by atoms with Gasteiger partial charge < -0.3 is 14.4 Å². The van der Waals surface area contributed by atoms with Crippen molar-refractivity contribution in [2.75, 3.05) is 13.1 Å². The lowest BCUT2D eigenvalue weighted by Crippen LogP contribution is -2.33. The molecule has 5 heteroatoms. The highest BCUT2D eigenvalue weighted by molar-refractivity contribution is 5.76. The molecule has 0 radical (unpaired) electrons. The van der Waals surface area contributed by atoms with Crippen LogP contribution < -0.4 is 0 Å². The van der Waals surface area contributed by atoms with Gasteiger partial charge in [-0.3, -0.25) is 4.79 Å². The van der Waals surface area contributed by atoms with Crippen LogP contribution in [0.1, 0.15) is 32.8 Å². The van der Waals surface area contributed by atoms with Crippen LogP contribution in [0.25, 0.3) is 0 Å². The summed E-state index contributed by atoms with van der Waals surface area (Å²) in [6.07, 6.45) is 0.241. The molecule has 22 heavy (non-hydrogen) atoms. The average Bonchev–Trinajstić information content (AvgIpc) is 2.94. The Morgan fingerprint density at radius 3 is 2.55 bits per heavy atom. The predicted octanol–water partition coefficient (Wildman–Crippen LogP) is 2.99. The van der Waals surface area contributed by atoms with Crippen molar-refractivity contribution >= 4 is 12.1 Å². The van der Waals surface area contributed by atoms with Crippen LogP contribution in [0.2, 0.25) is 0 Å². The van der Waals surface area contributed by atoms with Gasteiger partial charge in [-0.25, -0.2) is 4.79 Å². The first-order valence-electron chi connectivity index (χ1n) is 7.53. The zero-order valence-corrected chi connectivity index (χ0v) is 13.4. The van der Waals surface area contributed by atoms with Gasteiger partial charge >= 0.3 is 12.1 Å². The Morgan fingerprint density at radius 2 is 1.91 bits per heavy atom. The number of nitrogens with zero attached hydrogens (tertiary/aromatic N) is 1. The van der Waals surface area contributed by atoms with E-state index in [0.717, 1.165) is 5.56 Å². The lowest BCUT2D eigenvalue weighted by molar-refractivity contribution is -0.159. The highest BCUT2D eigenvalue weighted by atomic mass is 16.6. The quantitative estimate of drug-likeness (QED) is 0.806.